The molecule has 2 fully saturated rings. The molecule has 2 saturated heterocycles. The van der Waals surface area contributed by atoms with Crippen LogP contribution in [0.2, 0.25) is 0 Å². The molecule has 3 aromatic rings. The van der Waals surface area contributed by atoms with Crippen molar-refractivity contribution in [3.8, 4) is 17.1 Å². The van der Waals surface area contributed by atoms with Crippen molar-refractivity contribution in [2.45, 2.75) is 51.5 Å². The third-order valence-electron chi connectivity index (χ3n) is 9.21. The number of pyridine rings is 1. The van der Waals surface area contributed by atoms with Crippen LogP contribution in [0, 0.1) is 29.3 Å². The van der Waals surface area contributed by atoms with Crippen LogP contribution < -0.4 is 9.80 Å². The minimum absolute atomic E-state index is 0.505. The Morgan fingerprint density at radius 1 is 1.14 bits per heavy atom. The van der Waals surface area contributed by atoms with Crippen LogP contribution in [-0.2, 0) is 6.54 Å². The number of piperidine rings is 1. The van der Waals surface area contributed by atoms with Crippen LogP contribution in [0.3, 0.4) is 0 Å². The maximum absolute atomic E-state index is 9.13. The fourth-order valence-corrected chi connectivity index (χ4v) is 8.41. The second-order valence-electron chi connectivity index (χ2n) is 12.5. The molecule has 0 radical (unpaired) electrons. The van der Waals surface area contributed by atoms with Crippen LogP contribution in [0.1, 0.15) is 44.4 Å². The summed E-state index contributed by atoms with van der Waals surface area (Å²) in [5, 5.41) is 9.13. The molecular formula is C35H45N6PS. The molecule has 0 aliphatic carbocycles. The Morgan fingerprint density at radius 2 is 1.81 bits per heavy atom. The lowest BCUT2D eigenvalue weighted by Gasteiger charge is -2.55. The molecule has 0 bridgehead atoms. The van der Waals surface area contributed by atoms with E-state index in [0.717, 1.165) is 45.7 Å². The first-order valence-corrected chi connectivity index (χ1v) is 18.6. The Morgan fingerprint density at radius 3 is 2.42 bits per heavy atom. The second kappa shape index (κ2) is 13.8. The maximum Gasteiger partial charge on any atom is 0.107 e. The molecule has 8 heteroatoms. The molecule has 5 rings (SSSR count). The molecule has 0 N–H and O–H groups in total. The van der Waals surface area contributed by atoms with Crippen LogP contribution in [-0.4, -0.2) is 63.0 Å². The average molecular weight is 613 g/mol. The molecule has 2 unspecified atom stereocenters. The standard InChI is InChI=1S/C35H45N6PS/c1-7-26(2)21-40-18-16-35(17-19-40)23-41(24-35)30-12-10-29(11-13-30)32-20-33(34(37-4)27(3)38-32)39(5)22-28-8-14-31(15-9-28)43-42(6)25-36/h8-15,20,26H,4,7,16-19,21-24H2,1-3,5-6H3. The van der Waals surface area contributed by atoms with Crippen molar-refractivity contribution in [2.24, 2.45) is 16.3 Å². The van der Waals surface area contributed by atoms with Crippen molar-refractivity contribution in [1.82, 2.24) is 9.88 Å². The van der Waals surface area contributed by atoms with Gasteiger partial charge in [-0.05, 0) is 88.1 Å². The topological polar surface area (TPSA) is 58.8 Å². The third kappa shape index (κ3) is 7.43. The van der Waals surface area contributed by atoms with Gasteiger partial charge in [0.15, 0.2) is 0 Å². The van der Waals surface area contributed by atoms with E-state index in [1.54, 1.807) is 11.4 Å². The van der Waals surface area contributed by atoms with E-state index in [1.807, 2.05) is 13.6 Å². The predicted molar refractivity (Wildman–Crippen MR) is 186 cm³/mol. The zero-order chi connectivity index (χ0) is 30.6. The van der Waals surface area contributed by atoms with Gasteiger partial charge in [-0.2, -0.15) is 5.26 Å². The lowest BCUT2D eigenvalue weighted by Crippen LogP contribution is -2.60. The largest absolute Gasteiger partial charge is 0.370 e. The zero-order valence-corrected chi connectivity index (χ0v) is 28.1. The highest BCUT2D eigenvalue weighted by Crippen LogP contribution is 2.49. The first-order chi connectivity index (χ1) is 20.7. The zero-order valence-electron chi connectivity index (χ0n) is 26.4. The molecule has 43 heavy (non-hydrogen) atoms. The minimum atomic E-state index is -0.685. The molecule has 1 spiro atoms. The van der Waals surface area contributed by atoms with Gasteiger partial charge in [0.1, 0.15) is 5.69 Å². The normalized spacial score (nSPS) is 17.6. The summed E-state index contributed by atoms with van der Waals surface area (Å²) in [6.07, 6.45) is 3.92. The van der Waals surface area contributed by atoms with Gasteiger partial charge in [0.05, 0.1) is 30.0 Å². The van der Waals surface area contributed by atoms with E-state index in [-0.39, 0.29) is 0 Å². The summed E-state index contributed by atoms with van der Waals surface area (Å²) in [5.74, 6) is 3.14. The molecule has 2 aliphatic heterocycles. The average Bonchev–Trinajstić information content (AvgIpc) is 3.00. The first kappa shape index (κ1) is 31.5. The SMILES string of the molecule is C=Nc1c(N(C)Cc2ccc(SP(C)C#N)cc2)cc(-c2ccc(N3CC4(CCN(CC(C)CC)CC4)C3)cc2)nc1C. The van der Waals surface area contributed by atoms with Gasteiger partial charge in [0.2, 0.25) is 0 Å². The summed E-state index contributed by atoms with van der Waals surface area (Å²) < 4.78 is 0. The van der Waals surface area contributed by atoms with Gasteiger partial charge < -0.3 is 14.7 Å². The number of aliphatic imine (C=N–C) groups is 1. The Balaban J connectivity index is 1.24. The van der Waals surface area contributed by atoms with Gasteiger partial charge in [-0.3, -0.25) is 9.98 Å². The molecule has 6 nitrogen and oxygen atoms in total. The predicted octanol–water partition coefficient (Wildman–Crippen LogP) is 8.57. The number of aryl methyl sites for hydroxylation is 1. The van der Waals surface area contributed by atoms with E-state index in [1.165, 1.54) is 63.2 Å². The monoisotopic (exact) mass is 612 g/mol. The van der Waals surface area contributed by atoms with Gasteiger partial charge in [0, 0.05) is 54.8 Å². The lowest BCUT2D eigenvalue weighted by atomic mass is 9.71. The Hall–Kier alpha value is -2.91. The summed E-state index contributed by atoms with van der Waals surface area (Å²) in [7, 11) is 1.41. The first-order valence-electron chi connectivity index (χ1n) is 15.4. The Kier molecular flexibility index (Phi) is 10.1. The van der Waals surface area contributed by atoms with Crippen molar-refractivity contribution < 1.29 is 0 Å². The number of hydrogen-bond acceptors (Lipinski definition) is 7. The van der Waals surface area contributed by atoms with Crippen LogP contribution in [0.5, 0.6) is 0 Å². The van der Waals surface area contributed by atoms with E-state index in [2.05, 4.69) is 108 Å². The van der Waals surface area contributed by atoms with Gasteiger partial charge in [-0.1, -0.05) is 55.9 Å². The van der Waals surface area contributed by atoms with Crippen LogP contribution >= 0.6 is 18.5 Å². The molecule has 0 amide bonds. The summed E-state index contributed by atoms with van der Waals surface area (Å²) in [6, 6.07) is 19.6. The van der Waals surface area contributed by atoms with Gasteiger partial charge >= 0.3 is 0 Å². The van der Waals surface area contributed by atoms with Crippen LogP contribution in [0.15, 0.2) is 64.5 Å². The number of rotatable bonds is 11. The number of benzene rings is 2. The number of likely N-dealkylation sites (tertiary alicyclic amines) is 1. The molecule has 2 aromatic carbocycles. The quantitative estimate of drug-likeness (QED) is 0.160. The number of nitriles is 1. The van der Waals surface area contributed by atoms with Crippen LogP contribution in [0.25, 0.3) is 11.3 Å². The molecule has 2 atom stereocenters. The molecule has 1 aromatic heterocycles. The summed E-state index contributed by atoms with van der Waals surface area (Å²) >= 11 is 1.64. The van der Waals surface area contributed by atoms with Crippen molar-refractivity contribution >= 4 is 42.3 Å². The summed E-state index contributed by atoms with van der Waals surface area (Å²) in [5.41, 5.74) is 7.79. The lowest BCUT2D eigenvalue weighted by molar-refractivity contribution is 0.0685. The summed E-state index contributed by atoms with van der Waals surface area (Å²) in [6.45, 7) is 19.4. The van der Waals surface area contributed by atoms with E-state index < -0.39 is 7.12 Å². The van der Waals surface area contributed by atoms with Crippen molar-refractivity contribution in [1.29, 1.82) is 5.26 Å². The number of anilines is 2. The number of nitrogens with zero attached hydrogens (tertiary/aromatic N) is 6. The fourth-order valence-electron chi connectivity index (χ4n) is 6.36. The molecule has 3 heterocycles. The number of hydrogen-bond donors (Lipinski definition) is 0. The van der Waals surface area contributed by atoms with Crippen molar-refractivity contribution in [3.05, 3.63) is 65.9 Å². The van der Waals surface area contributed by atoms with E-state index in [9.17, 15) is 0 Å². The van der Waals surface area contributed by atoms with Gasteiger partial charge in [-0.25, -0.2) is 0 Å². The highest BCUT2D eigenvalue weighted by atomic mass is 32.7. The van der Waals surface area contributed by atoms with Crippen molar-refractivity contribution in [2.75, 3.05) is 56.2 Å². The Bertz CT molecular complexity index is 1430. The molecule has 226 valence electrons. The van der Waals surface area contributed by atoms with E-state index >= 15 is 0 Å². The van der Waals surface area contributed by atoms with E-state index in [4.69, 9.17) is 10.2 Å². The van der Waals surface area contributed by atoms with Crippen LogP contribution in [0.4, 0.5) is 17.1 Å². The van der Waals surface area contributed by atoms with Gasteiger partial charge in [0.25, 0.3) is 0 Å². The molecule has 2 aliphatic rings. The summed E-state index contributed by atoms with van der Waals surface area (Å²) in [4.78, 5) is 17.8. The highest BCUT2D eigenvalue weighted by molar-refractivity contribution is 8.57. The van der Waals surface area contributed by atoms with Crippen molar-refractivity contribution in [3.63, 3.8) is 0 Å². The maximum atomic E-state index is 9.13. The smallest absolute Gasteiger partial charge is 0.107 e. The third-order valence-corrected chi connectivity index (χ3v) is 11.9. The second-order valence-corrected chi connectivity index (χ2v) is 16.6. The number of aromatic nitrogens is 1. The molecule has 0 saturated carbocycles. The van der Waals surface area contributed by atoms with Gasteiger partial charge in [-0.15, -0.1) is 0 Å². The minimum Gasteiger partial charge on any atom is -0.370 e. The highest BCUT2D eigenvalue weighted by Gasteiger charge is 2.44. The molecular weight excluding hydrogens is 567 g/mol. The van der Waals surface area contributed by atoms with E-state index in [0.29, 0.717) is 5.41 Å². The fraction of sp³-hybridized carbons (Fsp3) is 0.457. The Labute approximate surface area is 263 Å².